The summed E-state index contributed by atoms with van der Waals surface area (Å²) in [5.41, 5.74) is 13.5. The number of rotatable bonds is 6. The number of nitrogens with two attached hydrogens (primary N) is 2. The largest absolute Gasteiger partial charge is 0.450 e. The summed E-state index contributed by atoms with van der Waals surface area (Å²) in [6, 6.07) is 0. The van der Waals surface area contributed by atoms with Crippen molar-refractivity contribution >= 4 is 41.0 Å². The van der Waals surface area contributed by atoms with E-state index in [1.165, 1.54) is 28.5 Å². The maximum absolute atomic E-state index is 11.2. The average Bonchev–Trinajstić information content (AvgIpc) is 2.85. The van der Waals surface area contributed by atoms with Crippen molar-refractivity contribution in [2.45, 2.75) is 39.0 Å². The van der Waals surface area contributed by atoms with Gasteiger partial charge in [0.1, 0.15) is 11.5 Å². The molecule has 26 heavy (non-hydrogen) atoms. The van der Waals surface area contributed by atoms with Gasteiger partial charge in [0, 0.05) is 11.3 Å². The average molecular weight is 390 g/mol. The number of ether oxygens (including phenoxy) is 1. The van der Waals surface area contributed by atoms with Crippen molar-refractivity contribution < 1.29 is 9.53 Å². The fraction of sp³-hybridized carbons (Fsp3) is 0.316. The normalized spacial score (nSPS) is 21.0. The van der Waals surface area contributed by atoms with Crippen LogP contribution in [0.1, 0.15) is 39.0 Å². The predicted molar refractivity (Wildman–Crippen MR) is 112 cm³/mol. The van der Waals surface area contributed by atoms with E-state index in [9.17, 15) is 4.79 Å². The molecule has 0 aromatic heterocycles. The molecule has 1 aliphatic heterocycles. The number of aliphatic imine (C=N–C) groups is 1. The number of nitrogens with zero attached hydrogens (tertiary/aromatic N) is 1. The van der Waals surface area contributed by atoms with E-state index in [-0.39, 0.29) is 5.70 Å². The maximum atomic E-state index is 11.2. The molecule has 0 atom stereocenters. The van der Waals surface area contributed by atoms with Crippen LogP contribution in [0.5, 0.6) is 0 Å². The molecule has 0 unspecified atom stereocenters. The predicted octanol–water partition coefficient (Wildman–Crippen LogP) is 4.00. The Kier molecular flexibility index (Phi) is 7.41. The first-order chi connectivity index (χ1) is 12.4. The summed E-state index contributed by atoms with van der Waals surface area (Å²) >= 11 is 6.96. The van der Waals surface area contributed by atoms with Gasteiger partial charge in [0.25, 0.3) is 5.91 Å². The summed E-state index contributed by atoms with van der Waals surface area (Å²) in [7, 11) is 0. The van der Waals surface area contributed by atoms with Crippen LogP contribution in [0.25, 0.3) is 0 Å². The summed E-state index contributed by atoms with van der Waals surface area (Å²) in [5, 5.41) is 0.556. The van der Waals surface area contributed by atoms with Crippen LogP contribution in [0, 0.1) is 0 Å². The molecule has 1 fully saturated rings. The summed E-state index contributed by atoms with van der Waals surface area (Å²) in [6.45, 7) is 6.10. The van der Waals surface area contributed by atoms with E-state index in [0.717, 1.165) is 36.1 Å². The number of carbonyl (C=O) groups excluding carboxylic acids is 1. The van der Waals surface area contributed by atoms with E-state index >= 15 is 0 Å². The zero-order valence-electron chi connectivity index (χ0n) is 14.8. The van der Waals surface area contributed by atoms with E-state index in [1.54, 1.807) is 12.3 Å². The van der Waals surface area contributed by atoms with Gasteiger partial charge in [-0.05, 0) is 61.1 Å². The molecule has 0 aromatic carbocycles. The number of thioether (sulfide) groups is 1. The number of hydrogen-bond donors (Lipinski definition) is 2. The number of thiocarbonyl (C=S) groups is 1. The zero-order valence-corrected chi connectivity index (χ0v) is 16.4. The molecule has 0 bridgehead atoms. The van der Waals surface area contributed by atoms with E-state index in [2.05, 4.69) is 18.5 Å². The molecule has 1 amide bonds. The van der Waals surface area contributed by atoms with E-state index in [0.29, 0.717) is 17.3 Å². The smallest absolute Gasteiger partial charge is 0.266 e. The minimum Gasteiger partial charge on any atom is -0.450 e. The molecular weight excluding hydrogens is 366 g/mol. The van der Waals surface area contributed by atoms with Gasteiger partial charge in [0.05, 0.1) is 6.21 Å². The van der Waals surface area contributed by atoms with Gasteiger partial charge in [-0.1, -0.05) is 36.5 Å². The fourth-order valence-electron chi connectivity index (χ4n) is 2.68. The van der Waals surface area contributed by atoms with Gasteiger partial charge in [0.15, 0.2) is 5.09 Å². The lowest BCUT2D eigenvalue weighted by Crippen LogP contribution is -2.12. The Hall–Kier alpha value is -2.12. The Balaban J connectivity index is 2.01. The lowest BCUT2D eigenvalue weighted by Gasteiger charge is -2.22. The van der Waals surface area contributed by atoms with Crippen molar-refractivity contribution in [2.75, 3.05) is 0 Å². The first-order valence-corrected chi connectivity index (χ1v) is 9.60. The molecule has 5 nitrogen and oxygen atoms in total. The van der Waals surface area contributed by atoms with Crippen LogP contribution in [0.3, 0.4) is 0 Å². The van der Waals surface area contributed by atoms with Gasteiger partial charge in [-0.2, -0.15) is 0 Å². The van der Waals surface area contributed by atoms with Crippen molar-refractivity contribution in [3.8, 4) is 0 Å². The van der Waals surface area contributed by atoms with Crippen LogP contribution in [-0.4, -0.2) is 17.0 Å². The molecule has 0 saturated heterocycles. The van der Waals surface area contributed by atoms with Gasteiger partial charge in [-0.3, -0.25) is 4.79 Å². The van der Waals surface area contributed by atoms with Crippen LogP contribution in [0.15, 0.2) is 62.5 Å². The van der Waals surface area contributed by atoms with Gasteiger partial charge in [-0.25, -0.2) is 4.99 Å². The number of carbonyl (C=O) groups is 1. The van der Waals surface area contributed by atoms with Gasteiger partial charge < -0.3 is 16.2 Å². The Morgan fingerprint density at radius 1 is 1.46 bits per heavy atom. The van der Waals surface area contributed by atoms with E-state index < -0.39 is 5.91 Å². The monoisotopic (exact) mass is 389 g/mol. The molecule has 0 spiro atoms. The molecule has 2 rings (SSSR count). The lowest BCUT2D eigenvalue weighted by molar-refractivity contribution is -0.114. The summed E-state index contributed by atoms with van der Waals surface area (Å²) < 4.78 is 5.79. The Labute approximate surface area is 163 Å². The Morgan fingerprint density at radius 3 is 2.85 bits per heavy atom. The van der Waals surface area contributed by atoms with Crippen molar-refractivity contribution in [1.82, 2.24) is 0 Å². The second-order valence-electron chi connectivity index (χ2n) is 5.80. The standard InChI is InChI=1S/C19H23N3O2S2/c1-3-18(13-7-8-14(10-20)17(25)9-13)26-12(2)24-15-5-4-6-16(19(21)23)22-11-15/h5-6,10-11H,2-4,7-9,20H2,1H3,(H2,21,23)/b14-10?,18-13-. The van der Waals surface area contributed by atoms with Crippen molar-refractivity contribution in [3.63, 3.8) is 0 Å². The third kappa shape index (κ3) is 5.44. The molecule has 1 heterocycles. The van der Waals surface area contributed by atoms with Gasteiger partial charge in [-0.15, -0.1) is 0 Å². The molecule has 7 heteroatoms. The van der Waals surface area contributed by atoms with Crippen LogP contribution < -0.4 is 11.5 Å². The molecule has 138 valence electrons. The highest BCUT2D eigenvalue weighted by molar-refractivity contribution is 8.06. The second-order valence-corrected chi connectivity index (χ2v) is 7.45. The Morgan fingerprint density at radius 2 is 2.23 bits per heavy atom. The first-order valence-electron chi connectivity index (χ1n) is 8.38. The summed E-state index contributed by atoms with van der Waals surface area (Å²) in [5.74, 6) is -0.00996. The van der Waals surface area contributed by atoms with Gasteiger partial charge >= 0.3 is 0 Å². The highest BCUT2D eigenvalue weighted by Crippen LogP contribution is 2.37. The molecule has 1 saturated carbocycles. The van der Waals surface area contributed by atoms with Crippen LogP contribution in [-0.2, 0) is 9.53 Å². The van der Waals surface area contributed by atoms with Crippen LogP contribution in [0.4, 0.5) is 0 Å². The van der Waals surface area contributed by atoms with Crippen molar-refractivity contribution in [2.24, 2.45) is 16.5 Å². The third-order valence-corrected chi connectivity index (χ3v) is 5.57. The SMILES string of the molecule is C=C(OC1=CCC=C(C(N)=O)N=C1)S/C(CC)=C1/CCC(=CN)C(=S)C1. The third-order valence-electron chi connectivity index (χ3n) is 4.03. The fourth-order valence-corrected chi connectivity index (χ4v) is 3.90. The number of allylic oxidation sites excluding steroid dienone is 6. The minimum atomic E-state index is -0.554. The van der Waals surface area contributed by atoms with Crippen LogP contribution >= 0.6 is 24.0 Å². The highest BCUT2D eigenvalue weighted by Gasteiger charge is 2.19. The number of amides is 1. The quantitative estimate of drug-likeness (QED) is 0.407. The summed E-state index contributed by atoms with van der Waals surface area (Å²) in [4.78, 5) is 17.4. The topological polar surface area (TPSA) is 90.7 Å². The molecule has 0 aromatic rings. The molecule has 1 aliphatic carbocycles. The van der Waals surface area contributed by atoms with Crippen LogP contribution in [0.2, 0.25) is 0 Å². The molecular formula is C19H23N3O2S2. The summed E-state index contributed by atoms with van der Waals surface area (Å²) in [6.07, 6.45) is 10.6. The number of hydrogen-bond acceptors (Lipinski definition) is 6. The van der Waals surface area contributed by atoms with Gasteiger partial charge in [0.2, 0.25) is 0 Å². The van der Waals surface area contributed by atoms with Crippen molar-refractivity contribution in [1.29, 1.82) is 0 Å². The Bertz CT molecular complexity index is 774. The molecule has 2 aliphatic rings. The second kappa shape index (κ2) is 9.54. The number of primary amides is 1. The minimum absolute atomic E-state index is 0.231. The van der Waals surface area contributed by atoms with Crippen molar-refractivity contribution in [3.05, 3.63) is 57.5 Å². The van der Waals surface area contributed by atoms with E-state index in [1.807, 2.05) is 6.08 Å². The van der Waals surface area contributed by atoms with E-state index in [4.69, 9.17) is 28.4 Å². The molecule has 4 N–H and O–H groups in total. The zero-order chi connectivity index (χ0) is 19.1. The molecule has 0 radical (unpaired) electrons. The highest BCUT2D eigenvalue weighted by atomic mass is 32.2. The first kappa shape index (κ1) is 20.2. The lowest BCUT2D eigenvalue weighted by atomic mass is 9.90. The maximum Gasteiger partial charge on any atom is 0.266 e.